The summed E-state index contributed by atoms with van der Waals surface area (Å²) in [4.78, 5) is 3.94. The Morgan fingerprint density at radius 2 is 2.44 bits per heavy atom. The molecule has 0 aliphatic rings. The smallest absolute Gasteiger partial charge is 0.110 e. The molecule has 0 aliphatic carbocycles. The second-order valence-electron chi connectivity index (χ2n) is 1.57. The van der Waals surface area contributed by atoms with Gasteiger partial charge in [-0.1, -0.05) is 6.58 Å². The Morgan fingerprint density at radius 3 is 2.89 bits per heavy atom. The highest BCUT2D eigenvalue weighted by atomic mass is 16.5. The first-order valence-corrected chi connectivity index (χ1v) is 3.06. The molecule has 0 radical (unpaired) electrons. The fourth-order valence-electron chi connectivity index (χ4n) is 0.443. The normalized spacial score (nSPS) is 10.0. The third-order valence-corrected chi connectivity index (χ3v) is 0.799. The predicted octanol–water partition coefficient (Wildman–Crippen LogP) is 1.63. The summed E-state index contributed by atoms with van der Waals surface area (Å²) in [6, 6.07) is 0. The van der Waals surface area contributed by atoms with Gasteiger partial charge in [0.1, 0.15) is 5.76 Å². The van der Waals surface area contributed by atoms with Crippen molar-refractivity contribution in [1.29, 1.82) is 0 Å². The summed E-state index contributed by atoms with van der Waals surface area (Å²) in [6.07, 6.45) is 1.74. The minimum Gasteiger partial charge on any atom is -0.497 e. The molecule has 0 aliphatic heterocycles. The van der Waals surface area contributed by atoms with E-state index in [4.69, 9.17) is 4.74 Å². The summed E-state index contributed by atoms with van der Waals surface area (Å²) in [5.41, 5.74) is 0. The highest BCUT2D eigenvalue weighted by Gasteiger charge is 1.86. The second kappa shape index (κ2) is 5.35. The summed E-state index contributed by atoms with van der Waals surface area (Å²) in [5.74, 6) is 0.732. The molecule has 52 valence electrons. The Labute approximate surface area is 56.2 Å². The molecule has 2 nitrogen and oxygen atoms in total. The van der Waals surface area contributed by atoms with Crippen LogP contribution in [-0.4, -0.2) is 19.4 Å². The molecular weight excluding hydrogens is 114 g/mol. The fraction of sp³-hybridized carbons (Fsp3) is 0.571. The summed E-state index contributed by atoms with van der Waals surface area (Å²) >= 11 is 0. The SMILES string of the molecule is C=C(CN=CC)OCC. The lowest BCUT2D eigenvalue weighted by Gasteiger charge is -2.01. The van der Waals surface area contributed by atoms with E-state index in [-0.39, 0.29) is 0 Å². The van der Waals surface area contributed by atoms with E-state index in [1.165, 1.54) is 0 Å². The van der Waals surface area contributed by atoms with E-state index < -0.39 is 0 Å². The van der Waals surface area contributed by atoms with Gasteiger partial charge in [0.2, 0.25) is 0 Å². The quantitative estimate of drug-likeness (QED) is 0.415. The van der Waals surface area contributed by atoms with Crippen molar-refractivity contribution in [2.45, 2.75) is 13.8 Å². The summed E-state index contributed by atoms with van der Waals surface area (Å²) < 4.78 is 5.04. The molecule has 0 N–H and O–H groups in total. The Bertz CT molecular complexity index is 107. The van der Waals surface area contributed by atoms with E-state index in [0.717, 1.165) is 5.76 Å². The maximum Gasteiger partial charge on any atom is 0.110 e. The topological polar surface area (TPSA) is 21.6 Å². The van der Waals surface area contributed by atoms with Gasteiger partial charge in [0.25, 0.3) is 0 Å². The van der Waals surface area contributed by atoms with E-state index >= 15 is 0 Å². The van der Waals surface area contributed by atoms with Gasteiger partial charge in [-0.15, -0.1) is 0 Å². The lowest BCUT2D eigenvalue weighted by atomic mass is 10.5. The van der Waals surface area contributed by atoms with Crippen molar-refractivity contribution >= 4 is 6.21 Å². The first kappa shape index (κ1) is 8.21. The molecule has 0 saturated heterocycles. The van der Waals surface area contributed by atoms with Gasteiger partial charge >= 0.3 is 0 Å². The van der Waals surface area contributed by atoms with Crippen LogP contribution in [0.3, 0.4) is 0 Å². The van der Waals surface area contributed by atoms with E-state index in [1.54, 1.807) is 6.21 Å². The third kappa shape index (κ3) is 5.07. The van der Waals surface area contributed by atoms with Gasteiger partial charge in [-0.05, 0) is 20.1 Å². The molecule has 0 spiro atoms. The van der Waals surface area contributed by atoms with E-state index in [1.807, 2.05) is 13.8 Å². The summed E-state index contributed by atoms with van der Waals surface area (Å²) in [7, 11) is 0. The van der Waals surface area contributed by atoms with Crippen molar-refractivity contribution in [3.8, 4) is 0 Å². The van der Waals surface area contributed by atoms with E-state index in [2.05, 4.69) is 11.6 Å². The average molecular weight is 127 g/mol. The molecular formula is C7H13NO. The van der Waals surface area contributed by atoms with Crippen molar-refractivity contribution in [2.75, 3.05) is 13.2 Å². The molecule has 0 atom stereocenters. The molecule has 0 saturated carbocycles. The number of nitrogens with zero attached hydrogens (tertiary/aromatic N) is 1. The van der Waals surface area contributed by atoms with E-state index in [9.17, 15) is 0 Å². The van der Waals surface area contributed by atoms with Gasteiger partial charge in [0.05, 0.1) is 13.2 Å². The number of hydrogen-bond acceptors (Lipinski definition) is 2. The van der Waals surface area contributed by atoms with Gasteiger partial charge in [0.15, 0.2) is 0 Å². The third-order valence-electron chi connectivity index (χ3n) is 0.799. The number of rotatable bonds is 4. The number of hydrogen-bond donors (Lipinski definition) is 0. The average Bonchev–Trinajstić information content (AvgIpc) is 1.85. The lowest BCUT2D eigenvalue weighted by Crippen LogP contribution is -1.92. The van der Waals surface area contributed by atoms with Crippen LogP contribution >= 0.6 is 0 Å². The summed E-state index contributed by atoms with van der Waals surface area (Å²) in [5, 5.41) is 0. The van der Waals surface area contributed by atoms with Gasteiger partial charge in [-0.25, -0.2) is 0 Å². The molecule has 0 unspecified atom stereocenters. The Balaban J connectivity index is 3.27. The monoisotopic (exact) mass is 127 g/mol. The van der Waals surface area contributed by atoms with Crippen molar-refractivity contribution in [3.63, 3.8) is 0 Å². The van der Waals surface area contributed by atoms with Crippen LogP contribution in [0.1, 0.15) is 13.8 Å². The highest BCUT2D eigenvalue weighted by Crippen LogP contribution is 1.91. The molecule has 0 heterocycles. The minimum absolute atomic E-state index is 0.588. The molecule has 0 rings (SSSR count). The zero-order valence-corrected chi connectivity index (χ0v) is 6.05. The Hall–Kier alpha value is -0.790. The maximum absolute atomic E-state index is 5.04. The lowest BCUT2D eigenvalue weighted by molar-refractivity contribution is 0.228. The van der Waals surface area contributed by atoms with Gasteiger partial charge in [-0.2, -0.15) is 0 Å². The van der Waals surface area contributed by atoms with Crippen molar-refractivity contribution in [1.82, 2.24) is 0 Å². The first-order chi connectivity index (χ1) is 4.31. The number of ether oxygens (including phenoxy) is 1. The van der Waals surface area contributed by atoms with Crippen molar-refractivity contribution in [2.24, 2.45) is 4.99 Å². The number of aliphatic imine (C=N–C) groups is 1. The molecule has 0 aromatic heterocycles. The molecule has 9 heavy (non-hydrogen) atoms. The second-order valence-corrected chi connectivity index (χ2v) is 1.57. The minimum atomic E-state index is 0.588. The van der Waals surface area contributed by atoms with Crippen LogP contribution < -0.4 is 0 Å². The zero-order valence-electron chi connectivity index (χ0n) is 6.05. The van der Waals surface area contributed by atoms with Crippen LogP contribution in [0.2, 0.25) is 0 Å². The predicted molar refractivity (Wildman–Crippen MR) is 39.8 cm³/mol. The van der Waals surface area contributed by atoms with Gasteiger partial charge < -0.3 is 4.74 Å². The maximum atomic E-state index is 5.04. The Kier molecular flexibility index (Phi) is 4.88. The zero-order chi connectivity index (χ0) is 7.11. The van der Waals surface area contributed by atoms with Crippen LogP contribution in [-0.2, 0) is 4.74 Å². The standard InChI is InChI=1S/C7H13NO/c1-4-8-6-7(3)9-5-2/h4H,3,5-6H2,1-2H3. The van der Waals surface area contributed by atoms with Crippen LogP contribution in [0.25, 0.3) is 0 Å². The van der Waals surface area contributed by atoms with Crippen LogP contribution in [0.4, 0.5) is 0 Å². The molecule has 0 fully saturated rings. The molecule has 0 aromatic rings. The first-order valence-electron chi connectivity index (χ1n) is 3.06. The van der Waals surface area contributed by atoms with Crippen LogP contribution in [0.15, 0.2) is 17.3 Å². The van der Waals surface area contributed by atoms with Gasteiger partial charge in [0, 0.05) is 0 Å². The van der Waals surface area contributed by atoms with Crippen LogP contribution in [0, 0.1) is 0 Å². The largest absolute Gasteiger partial charge is 0.497 e. The van der Waals surface area contributed by atoms with Crippen LogP contribution in [0.5, 0.6) is 0 Å². The highest BCUT2D eigenvalue weighted by molar-refractivity contribution is 5.53. The Morgan fingerprint density at radius 1 is 1.78 bits per heavy atom. The molecule has 0 aromatic carbocycles. The van der Waals surface area contributed by atoms with E-state index in [0.29, 0.717) is 13.2 Å². The van der Waals surface area contributed by atoms with Gasteiger partial charge in [-0.3, -0.25) is 4.99 Å². The molecule has 0 bridgehead atoms. The van der Waals surface area contributed by atoms with Crippen molar-refractivity contribution in [3.05, 3.63) is 12.3 Å². The molecule has 2 heteroatoms. The fourth-order valence-corrected chi connectivity index (χ4v) is 0.443. The molecule has 0 amide bonds. The van der Waals surface area contributed by atoms with Crippen molar-refractivity contribution < 1.29 is 4.74 Å². The summed E-state index contributed by atoms with van der Waals surface area (Å²) in [6.45, 7) is 8.72.